The number of nitro groups is 1. The number of carbonyl (C=O) groups is 2. The SMILES string of the molecule is CCOC(=O)c1ccc(NC(CC(=O)CCc2ccc3cc(OC)ccc3c2)c2cccc([N+](=O)[O-])c2)cc1. The van der Waals surface area contributed by atoms with Gasteiger partial charge in [0.15, 0.2) is 0 Å². The number of hydrogen-bond donors (Lipinski definition) is 1. The lowest BCUT2D eigenvalue weighted by Gasteiger charge is -2.20. The first kappa shape index (κ1) is 27.3. The summed E-state index contributed by atoms with van der Waals surface area (Å²) in [5, 5.41) is 16.8. The van der Waals surface area contributed by atoms with Crippen molar-refractivity contribution in [2.24, 2.45) is 0 Å². The molecule has 4 aromatic carbocycles. The summed E-state index contributed by atoms with van der Waals surface area (Å²) in [6.07, 6.45) is 1.05. The molecule has 0 heterocycles. The number of aryl methyl sites for hydroxylation is 1. The summed E-state index contributed by atoms with van der Waals surface area (Å²) >= 11 is 0. The Morgan fingerprint density at radius 2 is 1.69 bits per heavy atom. The van der Waals surface area contributed by atoms with E-state index < -0.39 is 16.9 Å². The second-order valence-corrected chi connectivity index (χ2v) is 9.14. The predicted molar refractivity (Wildman–Crippen MR) is 150 cm³/mol. The van der Waals surface area contributed by atoms with E-state index in [4.69, 9.17) is 9.47 Å². The number of rotatable bonds is 12. The van der Waals surface area contributed by atoms with Crippen LogP contribution in [0.5, 0.6) is 5.75 Å². The fourth-order valence-corrected chi connectivity index (χ4v) is 4.39. The second kappa shape index (κ2) is 12.7. The molecular formula is C31H30N2O6. The number of anilines is 1. The van der Waals surface area contributed by atoms with Crippen LogP contribution >= 0.6 is 0 Å². The molecule has 8 heteroatoms. The van der Waals surface area contributed by atoms with Gasteiger partial charge < -0.3 is 14.8 Å². The van der Waals surface area contributed by atoms with Crippen molar-refractivity contribution in [2.75, 3.05) is 19.0 Å². The van der Waals surface area contributed by atoms with Crippen molar-refractivity contribution >= 4 is 33.9 Å². The molecule has 0 aliphatic rings. The Balaban J connectivity index is 1.48. The van der Waals surface area contributed by atoms with Gasteiger partial charge in [0.1, 0.15) is 11.5 Å². The van der Waals surface area contributed by atoms with E-state index in [0.717, 1.165) is 22.1 Å². The molecule has 200 valence electrons. The minimum atomic E-state index is -0.491. The third kappa shape index (κ3) is 7.19. The largest absolute Gasteiger partial charge is 0.497 e. The molecular weight excluding hydrogens is 496 g/mol. The van der Waals surface area contributed by atoms with Crippen molar-refractivity contribution in [3.63, 3.8) is 0 Å². The lowest BCUT2D eigenvalue weighted by molar-refractivity contribution is -0.384. The van der Waals surface area contributed by atoms with Crippen LogP contribution < -0.4 is 10.1 Å². The van der Waals surface area contributed by atoms with Gasteiger partial charge in [-0.3, -0.25) is 14.9 Å². The smallest absolute Gasteiger partial charge is 0.338 e. The van der Waals surface area contributed by atoms with Gasteiger partial charge in [0, 0.05) is 30.7 Å². The number of Topliss-reactive ketones (excluding diaryl/α,β-unsaturated/α-hetero) is 1. The lowest BCUT2D eigenvalue weighted by Crippen LogP contribution is -2.16. The Morgan fingerprint density at radius 3 is 2.41 bits per heavy atom. The van der Waals surface area contributed by atoms with E-state index in [2.05, 4.69) is 11.4 Å². The fraction of sp³-hybridized carbons (Fsp3) is 0.226. The van der Waals surface area contributed by atoms with Crippen LogP contribution in [0.1, 0.15) is 47.3 Å². The van der Waals surface area contributed by atoms with Crippen LogP contribution in [0.3, 0.4) is 0 Å². The van der Waals surface area contributed by atoms with Crippen molar-refractivity contribution in [1.29, 1.82) is 0 Å². The number of methoxy groups -OCH3 is 1. The fourth-order valence-electron chi connectivity index (χ4n) is 4.39. The van der Waals surface area contributed by atoms with Gasteiger partial charge in [0.2, 0.25) is 0 Å². The molecule has 0 aliphatic heterocycles. The number of ketones is 1. The van der Waals surface area contributed by atoms with Gasteiger partial charge >= 0.3 is 5.97 Å². The van der Waals surface area contributed by atoms with Crippen molar-refractivity contribution in [3.8, 4) is 5.75 Å². The molecule has 4 aromatic rings. The molecule has 0 saturated carbocycles. The number of carbonyl (C=O) groups excluding carboxylic acids is 2. The number of nitrogens with one attached hydrogen (secondary N) is 1. The van der Waals surface area contributed by atoms with Crippen LogP contribution in [-0.4, -0.2) is 30.4 Å². The van der Waals surface area contributed by atoms with Crippen LogP contribution in [0.15, 0.2) is 84.9 Å². The third-order valence-corrected chi connectivity index (χ3v) is 6.46. The summed E-state index contributed by atoms with van der Waals surface area (Å²) in [5.41, 5.74) is 2.73. The zero-order valence-electron chi connectivity index (χ0n) is 21.9. The lowest BCUT2D eigenvalue weighted by atomic mass is 9.96. The molecule has 1 N–H and O–H groups in total. The van der Waals surface area contributed by atoms with Gasteiger partial charge in [-0.25, -0.2) is 4.79 Å². The normalized spacial score (nSPS) is 11.5. The number of nitrogens with zero attached hydrogens (tertiary/aromatic N) is 1. The van der Waals surface area contributed by atoms with E-state index in [-0.39, 0.29) is 24.5 Å². The summed E-state index contributed by atoms with van der Waals surface area (Å²) in [6, 6.07) is 24.5. The van der Waals surface area contributed by atoms with Gasteiger partial charge in [-0.15, -0.1) is 0 Å². The maximum absolute atomic E-state index is 13.1. The number of non-ortho nitro benzene ring substituents is 1. The van der Waals surface area contributed by atoms with Gasteiger partial charge in [-0.1, -0.05) is 36.4 Å². The average molecular weight is 527 g/mol. The molecule has 1 unspecified atom stereocenters. The quantitative estimate of drug-likeness (QED) is 0.125. The maximum atomic E-state index is 13.1. The zero-order valence-corrected chi connectivity index (χ0v) is 21.9. The number of ether oxygens (including phenoxy) is 2. The van der Waals surface area contributed by atoms with Crippen molar-refractivity contribution in [2.45, 2.75) is 32.2 Å². The molecule has 0 saturated heterocycles. The first-order valence-corrected chi connectivity index (χ1v) is 12.7. The molecule has 0 aliphatic carbocycles. The molecule has 0 fully saturated rings. The van der Waals surface area contributed by atoms with Crippen LogP contribution in [-0.2, 0) is 16.0 Å². The molecule has 0 amide bonds. The summed E-state index contributed by atoms with van der Waals surface area (Å²) < 4.78 is 10.3. The number of hydrogen-bond acceptors (Lipinski definition) is 7. The van der Waals surface area contributed by atoms with Crippen LogP contribution in [0, 0.1) is 10.1 Å². The molecule has 8 nitrogen and oxygen atoms in total. The topological polar surface area (TPSA) is 108 Å². The van der Waals surface area contributed by atoms with Gasteiger partial charge in [-0.05, 0) is 71.6 Å². The summed E-state index contributed by atoms with van der Waals surface area (Å²) in [6.45, 7) is 2.02. The van der Waals surface area contributed by atoms with E-state index in [1.54, 1.807) is 50.4 Å². The Morgan fingerprint density at radius 1 is 0.949 bits per heavy atom. The Hall–Kier alpha value is -4.72. The Kier molecular flexibility index (Phi) is 8.89. The van der Waals surface area contributed by atoms with E-state index in [0.29, 0.717) is 29.7 Å². The highest BCUT2D eigenvalue weighted by molar-refractivity contribution is 5.90. The highest BCUT2D eigenvalue weighted by Crippen LogP contribution is 2.28. The van der Waals surface area contributed by atoms with Crippen LogP contribution in [0.2, 0.25) is 0 Å². The molecule has 0 aromatic heterocycles. The van der Waals surface area contributed by atoms with Crippen molar-refractivity contribution in [1.82, 2.24) is 0 Å². The minimum absolute atomic E-state index is 0.0250. The van der Waals surface area contributed by atoms with Gasteiger partial charge in [-0.2, -0.15) is 0 Å². The summed E-state index contributed by atoms with van der Waals surface area (Å²) in [5.74, 6) is 0.403. The van der Waals surface area contributed by atoms with Crippen molar-refractivity contribution in [3.05, 3.63) is 112 Å². The first-order chi connectivity index (χ1) is 18.9. The molecule has 4 rings (SSSR count). The molecule has 0 radical (unpaired) electrons. The van der Waals surface area contributed by atoms with E-state index >= 15 is 0 Å². The third-order valence-electron chi connectivity index (χ3n) is 6.46. The number of fused-ring (bicyclic) bond motifs is 1. The Labute approximate surface area is 226 Å². The number of nitro benzene ring substituents is 1. The Bertz CT molecular complexity index is 1480. The monoisotopic (exact) mass is 526 g/mol. The molecule has 39 heavy (non-hydrogen) atoms. The van der Waals surface area contributed by atoms with E-state index in [1.807, 2.05) is 30.3 Å². The number of esters is 1. The molecule has 0 bridgehead atoms. The van der Waals surface area contributed by atoms with Gasteiger partial charge in [0.25, 0.3) is 5.69 Å². The molecule has 0 spiro atoms. The predicted octanol–water partition coefficient (Wildman–Crippen LogP) is 6.68. The van der Waals surface area contributed by atoms with Crippen LogP contribution in [0.25, 0.3) is 10.8 Å². The molecule has 1 atom stereocenters. The highest BCUT2D eigenvalue weighted by Gasteiger charge is 2.19. The average Bonchev–Trinajstić information content (AvgIpc) is 2.96. The maximum Gasteiger partial charge on any atom is 0.338 e. The zero-order chi connectivity index (χ0) is 27.8. The van der Waals surface area contributed by atoms with Crippen LogP contribution in [0.4, 0.5) is 11.4 Å². The first-order valence-electron chi connectivity index (χ1n) is 12.7. The standard InChI is InChI=1S/C31H30N2O6/c1-3-39-31(35)22-10-13-26(14-11-22)32-30(25-5-4-6-27(18-25)33(36)37)20-28(34)15-8-21-7-9-24-19-29(38-2)16-12-23(24)17-21/h4-7,9-14,16-19,30,32H,3,8,15,20H2,1-2H3. The van der Waals surface area contributed by atoms with E-state index in [1.165, 1.54) is 12.1 Å². The summed E-state index contributed by atoms with van der Waals surface area (Å²) in [4.78, 5) is 36.0. The number of benzene rings is 4. The second-order valence-electron chi connectivity index (χ2n) is 9.14. The summed E-state index contributed by atoms with van der Waals surface area (Å²) in [7, 11) is 1.63. The van der Waals surface area contributed by atoms with Crippen molar-refractivity contribution < 1.29 is 24.0 Å². The highest BCUT2D eigenvalue weighted by atomic mass is 16.6. The van der Waals surface area contributed by atoms with Gasteiger partial charge in [0.05, 0.1) is 30.2 Å². The minimum Gasteiger partial charge on any atom is -0.497 e. The van der Waals surface area contributed by atoms with E-state index in [9.17, 15) is 19.7 Å².